The third-order valence-electron chi connectivity index (χ3n) is 14.5. The largest absolute Gasteiger partial charge is 0.483 e. The van der Waals surface area contributed by atoms with Gasteiger partial charge in [-0.25, -0.2) is 4.79 Å². The number of rotatable bonds is 8. The van der Waals surface area contributed by atoms with Gasteiger partial charge in [-0.15, -0.1) is 0 Å². The number of imide groups is 1. The molecule has 0 radical (unpaired) electrons. The predicted molar refractivity (Wildman–Crippen MR) is 263 cm³/mol. The van der Waals surface area contributed by atoms with E-state index in [-0.39, 0.29) is 48.3 Å². The molecule has 1 aromatic heterocycles. The van der Waals surface area contributed by atoms with Crippen LogP contribution >= 0.6 is 0 Å². The van der Waals surface area contributed by atoms with Crippen molar-refractivity contribution >= 4 is 63.3 Å². The lowest BCUT2D eigenvalue weighted by atomic mass is 9.90. The molecule has 4 aliphatic heterocycles. The highest BCUT2D eigenvalue weighted by Crippen LogP contribution is 2.32. The molecule has 4 fully saturated rings. The van der Waals surface area contributed by atoms with Crippen LogP contribution in [0.1, 0.15) is 97.4 Å². The Bertz CT molecular complexity index is 2830. The van der Waals surface area contributed by atoms with Crippen molar-refractivity contribution < 1.29 is 29.1 Å². The third kappa shape index (κ3) is 10.3. The molecule has 4 amide bonds. The third-order valence-corrected chi connectivity index (χ3v) is 14.5. The molecule has 15 nitrogen and oxygen atoms in total. The van der Waals surface area contributed by atoms with Crippen molar-refractivity contribution in [1.82, 2.24) is 29.6 Å². The molecule has 1 unspecified atom stereocenters. The Morgan fingerprint density at radius 2 is 1.57 bits per heavy atom. The second kappa shape index (κ2) is 20.9. The van der Waals surface area contributed by atoms with E-state index in [9.17, 15) is 24.0 Å². The van der Waals surface area contributed by atoms with Gasteiger partial charge in [0.05, 0.1) is 17.1 Å². The Labute approximate surface area is 396 Å². The van der Waals surface area contributed by atoms with Crippen LogP contribution in [0.2, 0.25) is 0 Å². The summed E-state index contributed by atoms with van der Waals surface area (Å²) in [6, 6.07) is 22.9. The number of imidazole rings is 1. The van der Waals surface area contributed by atoms with Crippen LogP contribution in [-0.4, -0.2) is 100.0 Å². The Kier molecular flexibility index (Phi) is 14.6. The van der Waals surface area contributed by atoms with Crippen LogP contribution in [0.15, 0.2) is 77.6 Å². The number of carbonyl (C=O) groups is 5. The molecular formula is C53H62N8O7. The number of carboxylic acid groups (broad SMARTS) is 1. The number of fused-ring (bicyclic) bond motifs is 2. The predicted octanol–water partition coefficient (Wildman–Crippen LogP) is 5.77. The van der Waals surface area contributed by atoms with Crippen LogP contribution in [0.3, 0.4) is 0 Å². The number of hydrogen-bond donors (Lipinski definition) is 4. The number of amides is 4. The molecule has 15 heteroatoms. The van der Waals surface area contributed by atoms with Crippen molar-refractivity contribution in [3.63, 3.8) is 0 Å². The van der Waals surface area contributed by atoms with E-state index >= 15 is 0 Å². The number of nitrogens with one attached hydrogen (secondary N) is 2. The smallest absolute Gasteiger partial charge is 0.329 e. The molecule has 0 saturated carbocycles. The van der Waals surface area contributed by atoms with Gasteiger partial charge in [0.25, 0.3) is 12.4 Å². The van der Waals surface area contributed by atoms with Gasteiger partial charge in [-0.3, -0.25) is 38.4 Å². The highest BCUT2D eigenvalue weighted by Gasteiger charge is 2.34. The Morgan fingerprint density at radius 3 is 2.28 bits per heavy atom. The number of nitrogens with two attached hydrogens (primary N) is 1. The molecule has 0 bridgehead atoms. The molecule has 5 aromatic rings. The molecule has 4 saturated heterocycles. The number of benzene rings is 4. The highest BCUT2D eigenvalue weighted by atomic mass is 16.3. The summed E-state index contributed by atoms with van der Waals surface area (Å²) >= 11 is 0. The number of aryl methyl sites for hydroxylation is 2. The number of nitrogens with zero attached hydrogens (tertiary/aromatic N) is 5. The van der Waals surface area contributed by atoms with E-state index in [2.05, 4.69) is 61.4 Å². The molecule has 68 heavy (non-hydrogen) atoms. The van der Waals surface area contributed by atoms with Gasteiger partial charge in [-0.1, -0.05) is 48.2 Å². The number of piperidine rings is 4. The van der Waals surface area contributed by atoms with Gasteiger partial charge < -0.3 is 30.9 Å². The summed E-state index contributed by atoms with van der Waals surface area (Å²) in [6.07, 6.45) is 6.25. The first-order chi connectivity index (χ1) is 32.8. The van der Waals surface area contributed by atoms with Gasteiger partial charge in [-0.05, 0) is 136 Å². The van der Waals surface area contributed by atoms with Gasteiger partial charge in [0.15, 0.2) is 0 Å². The molecule has 9 rings (SSSR count). The zero-order valence-electron chi connectivity index (χ0n) is 39.2. The fraction of sp³-hybridized carbons (Fsp3) is 0.434. The van der Waals surface area contributed by atoms with Gasteiger partial charge in [0.2, 0.25) is 17.7 Å². The number of carbonyl (C=O) groups excluding carboxylic acids is 4. The van der Waals surface area contributed by atoms with Gasteiger partial charge >= 0.3 is 5.69 Å². The average molecular weight is 923 g/mol. The van der Waals surface area contributed by atoms with E-state index in [4.69, 9.17) is 15.6 Å². The van der Waals surface area contributed by atoms with Crippen LogP contribution < -0.4 is 27.0 Å². The van der Waals surface area contributed by atoms with Crippen LogP contribution in [0.5, 0.6) is 0 Å². The van der Waals surface area contributed by atoms with E-state index in [1.54, 1.807) is 17.7 Å². The highest BCUT2D eigenvalue weighted by molar-refractivity contribution is 6.00. The standard InChI is InChI=1S/C52H60N8O5.CH2O2/c1-33-8-12-39(53)30-44(33)49(62)54-34(2)41-14-11-37(42-6-4-5-7-43(41)42)10-9-35-18-24-57(25-19-35)32-36-20-26-59(27-21-36)51(64)38-22-28-58(29-23-38)40-13-15-45-47(31-40)56(3)52(65)60(45)46-16-17-48(61)55-50(46)63;2-1-3/h4-8,11-15,30-31,34-36,38,46H,16-29,32,53H2,1-3H3,(H,54,62)(H,55,61,63);1H,(H,2,3)/t34-,46?;/m1./s1. The van der Waals surface area contributed by atoms with Crippen LogP contribution in [0.25, 0.3) is 21.8 Å². The Morgan fingerprint density at radius 1 is 0.868 bits per heavy atom. The molecule has 2 atom stereocenters. The van der Waals surface area contributed by atoms with E-state index in [1.165, 1.54) is 4.57 Å². The van der Waals surface area contributed by atoms with Crippen molar-refractivity contribution in [1.29, 1.82) is 0 Å². The maximum atomic E-state index is 13.7. The van der Waals surface area contributed by atoms with Crippen molar-refractivity contribution in [2.24, 2.45) is 24.8 Å². The fourth-order valence-electron chi connectivity index (χ4n) is 10.6. The molecule has 5 heterocycles. The summed E-state index contributed by atoms with van der Waals surface area (Å²) in [6.45, 7) is 9.99. The zero-order valence-corrected chi connectivity index (χ0v) is 39.2. The summed E-state index contributed by atoms with van der Waals surface area (Å²) in [5.41, 5.74) is 12.2. The Hall–Kier alpha value is -6.92. The summed E-state index contributed by atoms with van der Waals surface area (Å²) < 4.78 is 3.08. The fourth-order valence-corrected chi connectivity index (χ4v) is 10.6. The van der Waals surface area contributed by atoms with E-state index in [0.717, 1.165) is 123 Å². The zero-order chi connectivity index (χ0) is 48.1. The van der Waals surface area contributed by atoms with E-state index in [0.29, 0.717) is 35.0 Å². The van der Waals surface area contributed by atoms with Gasteiger partial charge in [-0.2, -0.15) is 0 Å². The first-order valence-electron chi connectivity index (χ1n) is 23.9. The molecular weight excluding hydrogens is 861 g/mol. The lowest BCUT2D eigenvalue weighted by molar-refractivity contribution is -0.138. The quantitative estimate of drug-likeness (QED) is 0.0643. The second-order valence-electron chi connectivity index (χ2n) is 18.8. The van der Waals surface area contributed by atoms with Crippen molar-refractivity contribution in [2.45, 2.75) is 77.3 Å². The van der Waals surface area contributed by atoms with E-state index in [1.807, 2.05) is 56.3 Å². The van der Waals surface area contributed by atoms with Crippen molar-refractivity contribution in [2.75, 3.05) is 56.4 Å². The summed E-state index contributed by atoms with van der Waals surface area (Å²) in [5, 5.41) is 14.6. The number of aromatic nitrogens is 2. The topological polar surface area (TPSA) is 192 Å². The van der Waals surface area contributed by atoms with E-state index < -0.39 is 11.9 Å². The van der Waals surface area contributed by atoms with Crippen LogP contribution in [-0.2, 0) is 26.2 Å². The van der Waals surface area contributed by atoms with Crippen molar-refractivity contribution in [3.8, 4) is 11.8 Å². The number of likely N-dealkylation sites (tertiary alicyclic amines) is 2. The van der Waals surface area contributed by atoms with Crippen LogP contribution in [0, 0.1) is 36.5 Å². The van der Waals surface area contributed by atoms with Gasteiger partial charge in [0.1, 0.15) is 6.04 Å². The number of hydrogen-bond acceptors (Lipinski definition) is 9. The maximum Gasteiger partial charge on any atom is 0.329 e. The van der Waals surface area contributed by atoms with Crippen molar-refractivity contribution in [3.05, 3.63) is 106 Å². The minimum atomic E-state index is -0.712. The minimum absolute atomic E-state index is 0.0155. The molecule has 0 aliphatic carbocycles. The maximum absolute atomic E-state index is 13.7. The SMILES string of the molecule is Cc1ccc(N)cc1C(=O)N[C@H](C)c1ccc(C#CC2CCN(CC3CCN(C(=O)C4CCN(c5ccc6c(c5)n(C)c(=O)n6C5CCC(=O)NC5=O)CC4)CC3)CC2)c2ccccc12.O=CO. The average Bonchev–Trinajstić information content (AvgIpc) is 3.59. The molecule has 4 aromatic carbocycles. The summed E-state index contributed by atoms with van der Waals surface area (Å²) in [4.78, 5) is 79.9. The normalized spacial score (nSPS) is 19.1. The molecule has 4 aliphatic rings. The molecule has 0 spiro atoms. The monoisotopic (exact) mass is 922 g/mol. The molecule has 5 N–H and O–H groups in total. The van der Waals surface area contributed by atoms with Gasteiger partial charge in [0, 0.05) is 80.5 Å². The summed E-state index contributed by atoms with van der Waals surface area (Å²) in [5.74, 6) is 7.50. The first kappa shape index (κ1) is 47.6. The number of nitrogen functional groups attached to an aromatic ring is 1. The Balaban J connectivity index is 0.00000203. The lowest BCUT2D eigenvalue weighted by Crippen LogP contribution is -2.47. The number of anilines is 2. The lowest BCUT2D eigenvalue weighted by Gasteiger charge is -2.39. The molecule has 356 valence electrons. The van der Waals surface area contributed by atoms with Crippen LogP contribution in [0.4, 0.5) is 11.4 Å². The second-order valence-corrected chi connectivity index (χ2v) is 18.8. The minimum Gasteiger partial charge on any atom is -0.483 e. The summed E-state index contributed by atoms with van der Waals surface area (Å²) in [7, 11) is 1.71. The first-order valence-corrected chi connectivity index (χ1v) is 23.9.